The van der Waals surface area contributed by atoms with E-state index in [1.54, 1.807) is 0 Å². The van der Waals surface area contributed by atoms with Crippen LogP contribution in [0, 0.1) is 6.92 Å². The van der Waals surface area contributed by atoms with E-state index in [2.05, 4.69) is 40.7 Å². The molecule has 1 N–H and O–H groups in total. The van der Waals surface area contributed by atoms with Crippen molar-refractivity contribution >= 4 is 11.7 Å². The number of aromatic nitrogens is 2. The molecule has 0 amide bonds. The molecular weight excluding hydrogens is 296 g/mol. The molecule has 0 aliphatic heterocycles. The number of nitrogens with one attached hydrogen (secondary N) is 1. The van der Waals surface area contributed by atoms with Gasteiger partial charge in [-0.25, -0.2) is 4.68 Å². The molecule has 24 heavy (non-hydrogen) atoms. The second kappa shape index (κ2) is 6.32. The van der Waals surface area contributed by atoms with Gasteiger partial charge in [-0.1, -0.05) is 48.5 Å². The number of anilines is 1. The molecule has 0 unspecified atom stereocenters. The second-order valence-electron chi connectivity index (χ2n) is 6.12. The number of hydrogen-bond donors (Lipinski definition) is 1. The molecule has 4 rings (SSSR count). The minimum absolute atomic E-state index is 0.446. The highest BCUT2D eigenvalue weighted by Crippen LogP contribution is 2.25. The molecule has 2 aromatic carbocycles. The predicted octanol–water partition coefficient (Wildman–Crippen LogP) is 4.20. The van der Waals surface area contributed by atoms with Gasteiger partial charge in [0.2, 0.25) is 0 Å². The summed E-state index contributed by atoms with van der Waals surface area (Å²) in [4.78, 5) is 4.86. The van der Waals surface area contributed by atoms with Gasteiger partial charge >= 0.3 is 0 Å². The van der Waals surface area contributed by atoms with Crippen LogP contribution < -0.4 is 5.32 Å². The summed E-state index contributed by atoms with van der Waals surface area (Å²) in [6.07, 6.45) is 2.35. The van der Waals surface area contributed by atoms with E-state index < -0.39 is 0 Å². The third kappa shape index (κ3) is 3.23. The highest BCUT2D eigenvalue weighted by Gasteiger charge is 2.22. The maximum absolute atomic E-state index is 4.86. The van der Waals surface area contributed by atoms with Gasteiger partial charge in [0.15, 0.2) is 0 Å². The predicted molar refractivity (Wildman–Crippen MR) is 97.9 cm³/mol. The van der Waals surface area contributed by atoms with Gasteiger partial charge in [-0.2, -0.15) is 5.10 Å². The molecule has 0 saturated heterocycles. The third-order valence-electron chi connectivity index (χ3n) is 3.98. The first-order valence-corrected chi connectivity index (χ1v) is 8.32. The third-order valence-corrected chi connectivity index (χ3v) is 3.98. The van der Waals surface area contributed by atoms with Gasteiger partial charge in [0, 0.05) is 11.6 Å². The Hall–Kier alpha value is -2.88. The molecule has 1 aromatic heterocycles. The fourth-order valence-corrected chi connectivity index (χ4v) is 2.64. The smallest absolute Gasteiger partial charge is 0.135 e. The molecule has 120 valence electrons. The molecule has 1 heterocycles. The Bertz CT molecular complexity index is 846. The van der Waals surface area contributed by atoms with Crippen LogP contribution in [-0.2, 0) is 0 Å². The standard InChI is InChI=1S/C20H20N4/c1-15-14-19(24(23-15)18-10-6-3-7-11-18)22-20(21-17-12-13-17)16-8-4-2-5-9-16/h2-11,14,17H,12-13H2,1H3,(H,21,22). The van der Waals surface area contributed by atoms with Crippen LogP contribution in [0.4, 0.5) is 5.82 Å². The second-order valence-corrected chi connectivity index (χ2v) is 6.12. The molecular formula is C20H20N4. The lowest BCUT2D eigenvalue weighted by atomic mass is 10.2. The van der Waals surface area contributed by atoms with Crippen molar-refractivity contribution in [3.8, 4) is 5.69 Å². The number of amidine groups is 1. The zero-order valence-electron chi connectivity index (χ0n) is 13.7. The summed E-state index contributed by atoms with van der Waals surface area (Å²) in [6, 6.07) is 22.9. The summed E-state index contributed by atoms with van der Waals surface area (Å²) >= 11 is 0. The molecule has 0 radical (unpaired) electrons. The van der Waals surface area contributed by atoms with Crippen molar-refractivity contribution in [3.63, 3.8) is 0 Å². The fraction of sp³-hybridized carbons (Fsp3) is 0.200. The number of nitrogens with zero attached hydrogens (tertiary/aromatic N) is 3. The van der Waals surface area contributed by atoms with Gasteiger partial charge in [-0.3, -0.25) is 4.99 Å². The highest BCUT2D eigenvalue weighted by atomic mass is 15.3. The van der Waals surface area contributed by atoms with Crippen molar-refractivity contribution in [1.82, 2.24) is 9.78 Å². The molecule has 1 aliphatic rings. The maximum Gasteiger partial charge on any atom is 0.135 e. The molecule has 3 aromatic rings. The van der Waals surface area contributed by atoms with E-state index in [9.17, 15) is 0 Å². The van der Waals surface area contributed by atoms with Gasteiger partial charge in [0.05, 0.1) is 17.4 Å². The molecule has 1 fully saturated rings. The fourth-order valence-electron chi connectivity index (χ4n) is 2.64. The van der Waals surface area contributed by atoms with Gasteiger partial charge in [0.25, 0.3) is 0 Å². The Balaban J connectivity index is 1.71. The first-order chi connectivity index (χ1) is 11.8. The molecule has 1 aliphatic carbocycles. The van der Waals surface area contributed by atoms with Gasteiger partial charge in [-0.15, -0.1) is 0 Å². The lowest BCUT2D eigenvalue weighted by Gasteiger charge is -2.12. The minimum Gasteiger partial charge on any atom is -0.325 e. The number of aliphatic imine (C=N–C) groups is 1. The van der Waals surface area contributed by atoms with Crippen molar-refractivity contribution in [2.45, 2.75) is 25.8 Å². The number of benzene rings is 2. The molecule has 0 spiro atoms. The van der Waals surface area contributed by atoms with Crippen LogP contribution in [-0.4, -0.2) is 21.7 Å². The summed E-state index contributed by atoms with van der Waals surface area (Å²) < 4.78 is 1.93. The van der Waals surface area contributed by atoms with E-state index in [0.29, 0.717) is 6.04 Å². The minimum atomic E-state index is 0.446. The van der Waals surface area contributed by atoms with E-state index in [1.165, 1.54) is 12.8 Å². The van der Waals surface area contributed by atoms with E-state index >= 15 is 0 Å². The van der Waals surface area contributed by atoms with Gasteiger partial charge in [0.1, 0.15) is 11.7 Å². The van der Waals surface area contributed by atoms with E-state index in [0.717, 1.165) is 28.6 Å². The van der Waals surface area contributed by atoms with Gasteiger partial charge in [-0.05, 0) is 31.9 Å². The summed E-state index contributed by atoms with van der Waals surface area (Å²) in [5, 5.41) is 8.13. The Morgan fingerprint density at radius 2 is 1.71 bits per heavy atom. The highest BCUT2D eigenvalue weighted by molar-refractivity contribution is 6.08. The monoisotopic (exact) mass is 316 g/mol. The average Bonchev–Trinajstić information content (AvgIpc) is 3.37. The Morgan fingerprint density at radius 1 is 1.04 bits per heavy atom. The van der Waals surface area contributed by atoms with E-state index in [-0.39, 0.29) is 0 Å². The van der Waals surface area contributed by atoms with Crippen LogP contribution in [0.1, 0.15) is 24.1 Å². The molecule has 4 heteroatoms. The molecule has 4 nitrogen and oxygen atoms in total. The van der Waals surface area contributed by atoms with Crippen LogP contribution in [0.3, 0.4) is 0 Å². The first-order valence-electron chi connectivity index (χ1n) is 8.32. The summed E-state index contributed by atoms with van der Waals surface area (Å²) in [7, 11) is 0. The van der Waals surface area contributed by atoms with Crippen LogP contribution >= 0.6 is 0 Å². The first kappa shape index (κ1) is 14.7. The topological polar surface area (TPSA) is 42.2 Å². The summed E-state index contributed by atoms with van der Waals surface area (Å²) in [5.74, 6) is 1.84. The van der Waals surface area contributed by atoms with Crippen LogP contribution in [0.5, 0.6) is 0 Å². The summed E-state index contributed by atoms with van der Waals surface area (Å²) in [6.45, 7) is 2.00. The molecule has 1 saturated carbocycles. The van der Waals surface area contributed by atoms with Gasteiger partial charge < -0.3 is 5.32 Å². The van der Waals surface area contributed by atoms with Crippen molar-refractivity contribution in [2.24, 2.45) is 4.99 Å². The van der Waals surface area contributed by atoms with Crippen LogP contribution in [0.15, 0.2) is 71.7 Å². The largest absolute Gasteiger partial charge is 0.325 e. The Labute approximate surface area is 141 Å². The Morgan fingerprint density at radius 3 is 2.38 bits per heavy atom. The van der Waals surface area contributed by atoms with Crippen molar-refractivity contribution in [1.29, 1.82) is 0 Å². The van der Waals surface area contributed by atoms with Crippen LogP contribution in [0.25, 0.3) is 5.69 Å². The normalized spacial score (nSPS) is 14.6. The number of rotatable bonds is 4. The van der Waals surface area contributed by atoms with E-state index in [1.807, 2.05) is 48.0 Å². The quantitative estimate of drug-likeness (QED) is 0.579. The molecule has 0 atom stereocenters. The lowest BCUT2D eigenvalue weighted by molar-refractivity contribution is 0.870. The zero-order chi connectivity index (χ0) is 16.4. The van der Waals surface area contributed by atoms with E-state index in [4.69, 9.17) is 4.99 Å². The number of aryl methyl sites for hydroxylation is 1. The number of para-hydroxylation sites is 1. The van der Waals surface area contributed by atoms with Crippen molar-refractivity contribution in [2.75, 3.05) is 5.32 Å². The molecule has 0 bridgehead atoms. The average molecular weight is 316 g/mol. The zero-order valence-corrected chi connectivity index (χ0v) is 13.7. The van der Waals surface area contributed by atoms with Crippen LogP contribution in [0.2, 0.25) is 0 Å². The Kier molecular flexibility index (Phi) is 3.87. The lowest BCUT2D eigenvalue weighted by Crippen LogP contribution is -2.17. The maximum atomic E-state index is 4.86. The van der Waals surface area contributed by atoms with Crippen molar-refractivity contribution in [3.05, 3.63) is 78.0 Å². The SMILES string of the molecule is Cc1cc(NC(=NC2CC2)c2ccccc2)n(-c2ccccc2)n1. The van der Waals surface area contributed by atoms with Crippen molar-refractivity contribution < 1.29 is 0 Å². The summed E-state index contributed by atoms with van der Waals surface area (Å²) in [5.41, 5.74) is 3.11. The number of hydrogen-bond acceptors (Lipinski definition) is 2.